The van der Waals surface area contributed by atoms with E-state index >= 15 is 0 Å². The third-order valence-corrected chi connectivity index (χ3v) is 2.66. The van der Waals surface area contributed by atoms with Crippen molar-refractivity contribution in [2.75, 3.05) is 7.05 Å². The minimum Gasteiger partial charge on any atom is -0.341 e. The highest BCUT2D eigenvalue weighted by Gasteiger charge is 2.17. The number of benzene rings is 1. The van der Waals surface area contributed by atoms with Gasteiger partial charge in [-0.25, -0.2) is 4.79 Å². The van der Waals surface area contributed by atoms with Gasteiger partial charge in [0.15, 0.2) is 0 Å². The molecule has 0 radical (unpaired) electrons. The van der Waals surface area contributed by atoms with Crippen LogP contribution in [0.4, 0.5) is 4.79 Å². The molecule has 0 heterocycles. The second-order valence-electron chi connectivity index (χ2n) is 4.09. The molecule has 0 saturated carbocycles. The lowest BCUT2D eigenvalue weighted by Gasteiger charge is -2.19. The van der Waals surface area contributed by atoms with Crippen molar-refractivity contribution in [2.45, 2.75) is 25.9 Å². The highest BCUT2D eigenvalue weighted by Crippen LogP contribution is 2.11. The predicted octanol–water partition coefficient (Wildman–Crippen LogP) is 1.18. The summed E-state index contributed by atoms with van der Waals surface area (Å²) in [6.07, 6.45) is 0. The number of amides is 3. The van der Waals surface area contributed by atoms with Crippen LogP contribution in [0.3, 0.4) is 0 Å². The molecule has 1 aromatic carbocycles. The van der Waals surface area contributed by atoms with Gasteiger partial charge >= 0.3 is 6.03 Å². The first-order chi connectivity index (χ1) is 8.54. The van der Waals surface area contributed by atoms with Gasteiger partial charge in [0.1, 0.15) is 0 Å². The average Bonchev–Trinajstić information content (AvgIpc) is 2.39. The third-order valence-electron chi connectivity index (χ3n) is 2.66. The molecule has 0 saturated heterocycles. The fraction of sp³-hybridized carbons (Fsp3) is 0.385. The molecule has 5 nitrogen and oxygen atoms in total. The van der Waals surface area contributed by atoms with Crippen molar-refractivity contribution in [3.63, 3.8) is 0 Å². The zero-order valence-electron chi connectivity index (χ0n) is 10.9. The fourth-order valence-electron chi connectivity index (χ4n) is 1.57. The van der Waals surface area contributed by atoms with E-state index in [9.17, 15) is 9.59 Å². The van der Waals surface area contributed by atoms with E-state index in [1.165, 1.54) is 7.05 Å². The summed E-state index contributed by atoms with van der Waals surface area (Å²) in [6.45, 7) is 3.69. The monoisotopic (exact) mass is 249 g/mol. The second-order valence-corrected chi connectivity index (χ2v) is 4.09. The van der Waals surface area contributed by atoms with Crippen molar-refractivity contribution in [3.05, 3.63) is 35.9 Å². The molecule has 1 rings (SSSR count). The smallest absolute Gasteiger partial charge is 0.321 e. The number of carbonyl (C=O) groups excluding carboxylic acids is 2. The molecular weight excluding hydrogens is 230 g/mol. The van der Waals surface area contributed by atoms with Crippen molar-refractivity contribution in [3.8, 4) is 0 Å². The minimum absolute atomic E-state index is 0.0386. The molecule has 5 heteroatoms. The van der Waals surface area contributed by atoms with Crippen molar-refractivity contribution in [2.24, 2.45) is 0 Å². The van der Waals surface area contributed by atoms with Crippen molar-refractivity contribution >= 4 is 11.9 Å². The van der Waals surface area contributed by atoms with E-state index in [-0.39, 0.29) is 11.9 Å². The average molecular weight is 249 g/mol. The van der Waals surface area contributed by atoms with E-state index in [1.807, 2.05) is 37.3 Å². The number of imide groups is 1. The van der Waals surface area contributed by atoms with Crippen LogP contribution >= 0.6 is 0 Å². The van der Waals surface area contributed by atoms with Gasteiger partial charge in [0.25, 0.3) is 0 Å². The molecule has 3 N–H and O–H groups in total. The fourth-order valence-corrected chi connectivity index (χ4v) is 1.57. The number of hydrogen-bond donors (Lipinski definition) is 3. The summed E-state index contributed by atoms with van der Waals surface area (Å²) >= 11 is 0. The van der Waals surface area contributed by atoms with Crippen LogP contribution in [0.25, 0.3) is 0 Å². The molecule has 3 amide bonds. The van der Waals surface area contributed by atoms with Crippen LogP contribution in [0.5, 0.6) is 0 Å². The third kappa shape index (κ3) is 4.18. The Hall–Kier alpha value is -1.88. The van der Waals surface area contributed by atoms with E-state index in [4.69, 9.17) is 0 Å². The normalized spacial score (nSPS) is 13.5. The van der Waals surface area contributed by atoms with Gasteiger partial charge in [-0.15, -0.1) is 0 Å². The Morgan fingerprint density at radius 3 is 2.28 bits per heavy atom. The van der Waals surface area contributed by atoms with Gasteiger partial charge in [-0.2, -0.15) is 0 Å². The molecule has 0 spiro atoms. The Labute approximate surface area is 107 Å². The maximum atomic E-state index is 11.6. The quantitative estimate of drug-likeness (QED) is 0.750. The largest absolute Gasteiger partial charge is 0.341 e. The summed E-state index contributed by atoms with van der Waals surface area (Å²) in [4.78, 5) is 22.7. The zero-order valence-corrected chi connectivity index (χ0v) is 10.9. The molecule has 0 bridgehead atoms. The molecule has 0 fully saturated rings. The Morgan fingerprint density at radius 2 is 1.72 bits per heavy atom. The van der Waals surface area contributed by atoms with Crippen molar-refractivity contribution < 1.29 is 9.59 Å². The molecule has 1 aromatic rings. The van der Waals surface area contributed by atoms with Gasteiger partial charge in [-0.3, -0.25) is 15.4 Å². The van der Waals surface area contributed by atoms with E-state index < -0.39 is 12.1 Å². The van der Waals surface area contributed by atoms with E-state index in [1.54, 1.807) is 6.92 Å². The zero-order chi connectivity index (χ0) is 13.5. The van der Waals surface area contributed by atoms with Crippen LogP contribution in [-0.4, -0.2) is 25.0 Å². The first kappa shape index (κ1) is 14.2. The van der Waals surface area contributed by atoms with Gasteiger partial charge in [0.2, 0.25) is 5.91 Å². The summed E-state index contributed by atoms with van der Waals surface area (Å²) in [6, 6.07) is 8.90. The van der Waals surface area contributed by atoms with Crippen LogP contribution in [0.1, 0.15) is 25.5 Å². The van der Waals surface area contributed by atoms with Crippen LogP contribution in [0, 0.1) is 0 Å². The summed E-state index contributed by atoms with van der Waals surface area (Å²) < 4.78 is 0. The van der Waals surface area contributed by atoms with Gasteiger partial charge in [-0.1, -0.05) is 30.3 Å². The molecule has 0 aliphatic rings. The Morgan fingerprint density at radius 1 is 1.11 bits per heavy atom. The summed E-state index contributed by atoms with van der Waals surface area (Å²) in [5, 5.41) is 7.71. The number of rotatable bonds is 4. The van der Waals surface area contributed by atoms with Crippen LogP contribution < -0.4 is 16.0 Å². The molecular formula is C13H19N3O2. The molecule has 0 aromatic heterocycles. The maximum absolute atomic E-state index is 11.6. The first-order valence-corrected chi connectivity index (χ1v) is 5.88. The van der Waals surface area contributed by atoms with Crippen LogP contribution in [0.2, 0.25) is 0 Å². The molecule has 2 atom stereocenters. The van der Waals surface area contributed by atoms with Crippen LogP contribution in [0.15, 0.2) is 30.3 Å². The van der Waals surface area contributed by atoms with Gasteiger partial charge in [0.05, 0.1) is 6.04 Å². The SMILES string of the molecule is CNC(=O)NC(=O)[C@@H](C)N[C@H](C)c1ccccc1. The lowest BCUT2D eigenvalue weighted by Crippen LogP contribution is -2.47. The summed E-state index contributed by atoms with van der Waals surface area (Å²) in [7, 11) is 1.47. The molecule has 0 aliphatic carbocycles. The Balaban J connectivity index is 2.52. The Bertz CT molecular complexity index is 406. The second kappa shape index (κ2) is 6.76. The number of carbonyl (C=O) groups is 2. The van der Waals surface area contributed by atoms with Gasteiger partial charge in [-0.05, 0) is 19.4 Å². The first-order valence-electron chi connectivity index (χ1n) is 5.88. The topological polar surface area (TPSA) is 70.2 Å². The summed E-state index contributed by atoms with van der Waals surface area (Å²) in [5.41, 5.74) is 1.09. The lowest BCUT2D eigenvalue weighted by atomic mass is 10.1. The number of nitrogens with one attached hydrogen (secondary N) is 3. The van der Waals surface area contributed by atoms with Crippen LogP contribution in [-0.2, 0) is 4.79 Å². The highest BCUT2D eigenvalue weighted by molar-refractivity contribution is 5.96. The predicted molar refractivity (Wildman–Crippen MR) is 70.1 cm³/mol. The lowest BCUT2D eigenvalue weighted by molar-refractivity contribution is -0.121. The molecule has 18 heavy (non-hydrogen) atoms. The maximum Gasteiger partial charge on any atom is 0.321 e. The van der Waals surface area contributed by atoms with E-state index in [0.717, 1.165) is 5.56 Å². The van der Waals surface area contributed by atoms with Gasteiger partial charge in [0, 0.05) is 13.1 Å². The van der Waals surface area contributed by atoms with E-state index in [2.05, 4.69) is 16.0 Å². The molecule has 0 aliphatic heterocycles. The Kier molecular flexibility index (Phi) is 5.32. The summed E-state index contributed by atoms with van der Waals surface area (Å²) in [5.74, 6) is -0.350. The van der Waals surface area contributed by atoms with Crippen molar-refractivity contribution in [1.82, 2.24) is 16.0 Å². The molecule has 98 valence electrons. The number of hydrogen-bond acceptors (Lipinski definition) is 3. The molecule has 0 unspecified atom stereocenters. The van der Waals surface area contributed by atoms with Crippen molar-refractivity contribution in [1.29, 1.82) is 0 Å². The van der Waals surface area contributed by atoms with E-state index in [0.29, 0.717) is 0 Å². The highest BCUT2D eigenvalue weighted by atomic mass is 16.2. The van der Waals surface area contributed by atoms with Gasteiger partial charge < -0.3 is 5.32 Å². The number of urea groups is 1. The minimum atomic E-state index is -0.499. The standard InChI is InChI=1S/C13H19N3O2/c1-9(11-7-5-4-6-8-11)15-10(2)12(17)16-13(18)14-3/h4-10,15H,1-3H3,(H2,14,16,17,18)/t9-,10-/m1/s1.